The summed E-state index contributed by atoms with van der Waals surface area (Å²) < 4.78 is 0. The second-order valence-corrected chi connectivity index (χ2v) is 3.15. The molecule has 0 bridgehead atoms. The maximum Gasteiger partial charge on any atom is 0.324 e. The van der Waals surface area contributed by atoms with E-state index in [9.17, 15) is 9.59 Å². The van der Waals surface area contributed by atoms with Crippen molar-refractivity contribution < 1.29 is 9.59 Å². The number of carbonyl (C=O) groups is 2. The van der Waals surface area contributed by atoms with Crippen LogP contribution in [0.15, 0.2) is 0 Å². The third kappa shape index (κ3) is 1.78. The number of carbonyl (C=O) groups excluding carboxylic acids is 2. The Kier molecular flexibility index (Phi) is 2.52. The molecule has 1 fully saturated rings. The molecule has 1 saturated heterocycles. The Morgan fingerprint density at radius 1 is 1.69 bits per heavy atom. The molecular weight excluding hydrogens is 170 g/mol. The van der Waals surface area contributed by atoms with Crippen LogP contribution in [-0.2, 0) is 4.79 Å². The lowest BCUT2D eigenvalue weighted by Gasteiger charge is -2.12. The molecule has 13 heavy (non-hydrogen) atoms. The number of amides is 3. The molecule has 5 nitrogen and oxygen atoms in total. The molecule has 0 aliphatic carbocycles. The fraction of sp³-hybridized carbons (Fsp3) is 0.625. The molecule has 3 amide bonds. The van der Waals surface area contributed by atoms with Crippen molar-refractivity contribution in [3.63, 3.8) is 0 Å². The van der Waals surface area contributed by atoms with Crippen molar-refractivity contribution >= 4 is 11.9 Å². The van der Waals surface area contributed by atoms with E-state index < -0.39 is 12.1 Å². The summed E-state index contributed by atoms with van der Waals surface area (Å²) in [5.41, 5.74) is 0. The molecule has 0 saturated carbocycles. The lowest BCUT2D eigenvalue weighted by atomic mass is 10.2. The monoisotopic (exact) mass is 181 g/mol. The molecule has 1 aliphatic heterocycles. The third-order valence-electron chi connectivity index (χ3n) is 1.90. The zero-order valence-electron chi connectivity index (χ0n) is 7.57. The number of urea groups is 1. The lowest BCUT2D eigenvalue weighted by molar-refractivity contribution is -0.127. The predicted molar refractivity (Wildman–Crippen MR) is 44.5 cm³/mol. The van der Waals surface area contributed by atoms with E-state index in [0.29, 0.717) is 0 Å². The summed E-state index contributed by atoms with van der Waals surface area (Å²) in [6, 6.07) is 1.11. The fourth-order valence-corrected chi connectivity index (χ4v) is 1.15. The number of rotatable bonds is 2. The molecule has 0 aromatic rings. The Bertz CT molecular complexity index is 282. The molecular formula is C8H11N3O2. The molecule has 2 atom stereocenters. The van der Waals surface area contributed by atoms with Gasteiger partial charge < -0.3 is 5.32 Å². The van der Waals surface area contributed by atoms with Crippen molar-refractivity contribution in [3.05, 3.63) is 0 Å². The number of nitrogens with zero attached hydrogens (tertiary/aromatic N) is 2. The van der Waals surface area contributed by atoms with Gasteiger partial charge >= 0.3 is 6.03 Å². The van der Waals surface area contributed by atoms with E-state index >= 15 is 0 Å². The van der Waals surface area contributed by atoms with E-state index in [1.165, 1.54) is 0 Å². The number of imide groups is 1. The molecule has 1 N–H and O–H groups in total. The Hall–Kier alpha value is -1.57. The van der Waals surface area contributed by atoms with Crippen molar-refractivity contribution in [1.29, 1.82) is 5.26 Å². The summed E-state index contributed by atoms with van der Waals surface area (Å²) in [5.74, 6) is -0.577. The van der Waals surface area contributed by atoms with Gasteiger partial charge in [-0.25, -0.2) is 4.79 Å². The molecule has 5 heteroatoms. The standard InChI is InChI=1S/C8H11N3O2/c1-5(3-9)4-11-7(12)6(2)10-8(11)13/h5-6H,4H2,1-2H3,(H,10,13)/t5?,6-/m0/s1. The number of hydrogen-bond acceptors (Lipinski definition) is 3. The summed E-state index contributed by atoms with van der Waals surface area (Å²) >= 11 is 0. The van der Waals surface area contributed by atoms with E-state index in [-0.39, 0.29) is 18.4 Å². The number of nitrogens with one attached hydrogen (secondary N) is 1. The first-order valence-electron chi connectivity index (χ1n) is 4.07. The third-order valence-corrected chi connectivity index (χ3v) is 1.90. The summed E-state index contributed by atoms with van der Waals surface area (Å²) in [7, 11) is 0. The van der Waals surface area contributed by atoms with Gasteiger partial charge in [-0.3, -0.25) is 9.69 Å². The first-order chi connectivity index (χ1) is 6.06. The predicted octanol–water partition coefficient (Wildman–Crippen LogP) is 0.0864. The minimum absolute atomic E-state index is 0.172. The minimum Gasteiger partial charge on any atom is -0.326 e. The topological polar surface area (TPSA) is 73.2 Å². The van der Waals surface area contributed by atoms with Gasteiger partial charge in [-0.2, -0.15) is 5.26 Å². The highest BCUT2D eigenvalue weighted by atomic mass is 16.2. The van der Waals surface area contributed by atoms with Crippen LogP contribution in [0.3, 0.4) is 0 Å². The summed E-state index contributed by atoms with van der Waals surface area (Å²) in [5, 5.41) is 11.0. The first kappa shape index (κ1) is 9.52. The average Bonchev–Trinajstić information content (AvgIpc) is 2.32. The van der Waals surface area contributed by atoms with Crippen LogP contribution < -0.4 is 5.32 Å². The normalized spacial score (nSPS) is 24.1. The molecule has 0 aromatic heterocycles. The minimum atomic E-state index is -0.460. The van der Waals surface area contributed by atoms with E-state index in [4.69, 9.17) is 5.26 Å². The highest BCUT2D eigenvalue weighted by Gasteiger charge is 2.35. The quantitative estimate of drug-likeness (QED) is 0.613. The van der Waals surface area contributed by atoms with Crippen LogP contribution in [0, 0.1) is 17.2 Å². The zero-order valence-corrected chi connectivity index (χ0v) is 7.57. The second-order valence-electron chi connectivity index (χ2n) is 3.15. The van der Waals surface area contributed by atoms with Crippen LogP contribution in [0.25, 0.3) is 0 Å². The van der Waals surface area contributed by atoms with Gasteiger partial charge in [0.15, 0.2) is 0 Å². The number of hydrogen-bond donors (Lipinski definition) is 1. The highest BCUT2D eigenvalue weighted by molar-refractivity contribution is 6.03. The van der Waals surface area contributed by atoms with Crippen molar-refractivity contribution in [2.45, 2.75) is 19.9 Å². The van der Waals surface area contributed by atoms with Crippen LogP contribution in [0.1, 0.15) is 13.8 Å². The van der Waals surface area contributed by atoms with Crippen molar-refractivity contribution in [2.24, 2.45) is 5.92 Å². The Morgan fingerprint density at radius 3 is 2.69 bits per heavy atom. The van der Waals surface area contributed by atoms with Gasteiger partial charge in [0, 0.05) is 6.54 Å². The fourth-order valence-electron chi connectivity index (χ4n) is 1.15. The maximum absolute atomic E-state index is 11.3. The van der Waals surface area contributed by atoms with E-state index in [1.54, 1.807) is 13.8 Å². The molecule has 0 aromatic carbocycles. The summed E-state index contributed by atoms with van der Waals surface area (Å²) in [6.45, 7) is 3.46. The van der Waals surface area contributed by atoms with E-state index in [0.717, 1.165) is 4.90 Å². The van der Waals surface area contributed by atoms with Gasteiger partial charge in [0.2, 0.25) is 0 Å². The molecule has 1 rings (SSSR count). The molecule has 70 valence electrons. The van der Waals surface area contributed by atoms with Gasteiger partial charge in [-0.05, 0) is 13.8 Å². The lowest BCUT2D eigenvalue weighted by Crippen LogP contribution is -2.34. The van der Waals surface area contributed by atoms with Crippen LogP contribution in [0.4, 0.5) is 4.79 Å². The molecule has 1 unspecified atom stereocenters. The van der Waals surface area contributed by atoms with Gasteiger partial charge in [0.05, 0.1) is 12.0 Å². The van der Waals surface area contributed by atoms with Gasteiger partial charge in [-0.1, -0.05) is 0 Å². The van der Waals surface area contributed by atoms with Gasteiger partial charge in [0.1, 0.15) is 6.04 Å². The Balaban J connectivity index is 2.65. The van der Waals surface area contributed by atoms with Crippen molar-refractivity contribution in [2.75, 3.05) is 6.54 Å². The number of nitriles is 1. The molecule has 1 aliphatic rings. The Morgan fingerprint density at radius 2 is 2.31 bits per heavy atom. The average molecular weight is 181 g/mol. The Labute approximate surface area is 76.3 Å². The smallest absolute Gasteiger partial charge is 0.324 e. The largest absolute Gasteiger partial charge is 0.326 e. The van der Waals surface area contributed by atoms with Crippen LogP contribution in [0.2, 0.25) is 0 Å². The summed E-state index contributed by atoms with van der Waals surface area (Å²) in [6.07, 6.45) is 0. The van der Waals surface area contributed by atoms with Gasteiger partial charge in [0.25, 0.3) is 5.91 Å². The summed E-state index contributed by atoms with van der Waals surface area (Å²) in [4.78, 5) is 23.5. The molecule has 1 heterocycles. The van der Waals surface area contributed by atoms with E-state index in [2.05, 4.69) is 5.32 Å². The van der Waals surface area contributed by atoms with Crippen LogP contribution in [0.5, 0.6) is 0 Å². The SMILES string of the molecule is CC(C#N)CN1C(=O)N[C@@H](C)C1=O. The molecule has 0 spiro atoms. The highest BCUT2D eigenvalue weighted by Crippen LogP contribution is 2.08. The first-order valence-corrected chi connectivity index (χ1v) is 4.07. The van der Waals surface area contributed by atoms with Crippen LogP contribution >= 0.6 is 0 Å². The molecule has 0 radical (unpaired) electrons. The van der Waals surface area contributed by atoms with Crippen molar-refractivity contribution in [1.82, 2.24) is 10.2 Å². The maximum atomic E-state index is 11.3. The van der Waals surface area contributed by atoms with Crippen LogP contribution in [-0.4, -0.2) is 29.4 Å². The van der Waals surface area contributed by atoms with Crippen molar-refractivity contribution in [3.8, 4) is 6.07 Å². The zero-order chi connectivity index (χ0) is 10.0. The van der Waals surface area contributed by atoms with Gasteiger partial charge in [-0.15, -0.1) is 0 Å². The second kappa shape index (κ2) is 3.44. The van der Waals surface area contributed by atoms with E-state index in [1.807, 2.05) is 6.07 Å².